The Labute approximate surface area is 189 Å². The summed E-state index contributed by atoms with van der Waals surface area (Å²) in [4.78, 5) is 39.5. The van der Waals surface area contributed by atoms with Gasteiger partial charge >= 0.3 is 0 Å². The van der Waals surface area contributed by atoms with Gasteiger partial charge in [-0.25, -0.2) is 9.97 Å². The van der Waals surface area contributed by atoms with Crippen LogP contribution in [0.25, 0.3) is 0 Å². The number of carbonyl (C=O) groups excluding carboxylic acids is 2. The first-order valence-electron chi connectivity index (χ1n) is 11.6. The van der Waals surface area contributed by atoms with Crippen LogP contribution in [-0.2, 0) is 11.2 Å². The van der Waals surface area contributed by atoms with Crippen molar-refractivity contribution >= 4 is 17.8 Å². The summed E-state index contributed by atoms with van der Waals surface area (Å²) < 4.78 is 0. The van der Waals surface area contributed by atoms with Crippen LogP contribution in [0.4, 0.5) is 5.95 Å². The number of hydrogen-bond acceptors (Lipinski definition) is 5. The standard InChI is InChI=1S/C25H31N5O2/c1-15-12-18(28-24(26)27-15)23(32)30-20-14-25(3)21(10-7-11-22(25)30)29(16(2)31)19(20)13-17-8-5-4-6-9-17/h4-6,8-9,12,19-22H,7,10-11,13-14H2,1-3H3,(H2,26,27,28)/t19-,20-,21+,22-,25+/m0/s1. The van der Waals surface area contributed by atoms with Crippen LogP contribution in [-0.4, -0.2) is 55.7 Å². The third-order valence-corrected chi connectivity index (χ3v) is 7.93. The van der Waals surface area contributed by atoms with E-state index in [1.54, 1.807) is 13.0 Å². The average Bonchev–Trinajstić information content (AvgIpc) is 3.05. The molecule has 1 saturated carbocycles. The molecule has 168 valence electrons. The number of benzene rings is 1. The van der Waals surface area contributed by atoms with Gasteiger partial charge in [-0.05, 0) is 50.7 Å². The minimum absolute atomic E-state index is 0.0487. The van der Waals surface area contributed by atoms with E-state index in [0.717, 1.165) is 32.1 Å². The van der Waals surface area contributed by atoms with Gasteiger partial charge in [0.25, 0.3) is 5.91 Å². The monoisotopic (exact) mass is 433 g/mol. The number of aryl methyl sites for hydroxylation is 1. The Balaban J connectivity index is 1.60. The van der Waals surface area contributed by atoms with Crippen LogP contribution in [0.2, 0.25) is 0 Å². The predicted octanol–water partition coefficient (Wildman–Crippen LogP) is 2.98. The van der Waals surface area contributed by atoms with E-state index in [-0.39, 0.29) is 47.3 Å². The summed E-state index contributed by atoms with van der Waals surface area (Å²) in [6.07, 6.45) is 4.60. The maximum atomic E-state index is 13.9. The van der Waals surface area contributed by atoms with Crippen LogP contribution in [0, 0.1) is 12.3 Å². The summed E-state index contributed by atoms with van der Waals surface area (Å²) >= 11 is 0. The highest BCUT2D eigenvalue weighted by molar-refractivity contribution is 5.93. The van der Waals surface area contributed by atoms with E-state index in [0.29, 0.717) is 11.4 Å². The number of nitrogens with zero attached hydrogens (tertiary/aromatic N) is 4. The summed E-state index contributed by atoms with van der Waals surface area (Å²) in [5.74, 6) is 0.128. The first-order chi connectivity index (χ1) is 15.3. The van der Waals surface area contributed by atoms with Gasteiger partial charge in [-0.1, -0.05) is 37.3 Å². The van der Waals surface area contributed by atoms with Crippen LogP contribution < -0.4 is 5.73 Å². The Bertz CT molecular complexity index is 1040. The molecule has 3 heterocycles. The summed E-state index contributed by atoms with van der Waals surface area (Å²) in [6.45, 7) is 5.78. The highest BCUT2D eigenvalue weighted by Gasteiger charge is 2.64. The molecular weight excluding hydrogens is 402 g/mol. The van der Waals surface area contributed by atoms with Crippen molar-refractivity contribution in [3.63, 3.8) is 0 Å². The zero-order chi connectivity index (χ0) is 22.6. The molecule has 0 unspecified atom stereocenters. The summed E-state index contributed by atoms with van der Waals surface area (Å²) in [6, 6.07) is 12.1. The number of hydrogen-bond donors (Lipinski definition) is 1. The molecule has 32 heavy (non-hydrogen) atoms. The van der Waals surface area contributed by atoms with E-state index in [2.05, 4.69) is 38.8 Å². The molecule has 2 amide bonds. The summed E-state index contributed by atoms with van der Waals surface area (Å²) in [7, 11) is 0. The van der Waals surface area contributed by atoms with Gasteiger partial charge in [-0.3, -0.25) is 9.59 Å². The van der Waals surface area contributed by atoms with Gasteiger partial charge in [-0.2, -0.15) is 0 Å². The van der Waals surface area contributed by atoms with Crippen LogP contribution in [0.1, 0.15) is 61.3 Å². The van der Waals surface area contributed by atoms with Gasteiger partial charge < -0.3 is 15.5 Å². The van der Waals surface area contributed by atoms with Crippen molar-refractivity contribution < 1.29 is 9.59 Å². The van der Waals surface area contributed by atoms with E-state index in [1.807, 2.05) is 25.1 Å². The second kappa shape index (κ2) is 7.57. The number of nitrogen functional groups attached to an aromatic ring is 1. The molecule has 1 aliphatic carbocycles. The number of carbonyl (C=O) groups is 2. The highest BCUT2D eigenvalue weighted by atomic mass is 16.2. The Morgan fingerprint density at radius 3 is 2.47 bits per heavy atom. The fraction of sp³-hybridized carbons (Fsp3) is 0.520. The van der Waals surface area contributed by atoms with Crippen molar-refractivity contribution in [2.45, 2.75) is 77.0 Å². The molecule has 3 aliphatic rings. The minimum Gasteiger partial charge on any atom is -0.368 e. The third-order valence-electron chi connectivity index (χ3n) is 7.93. The number of piperidine rings is 1. The lowest BCUT2D eigenvalue weighted by Gasteiger charge is -2.52. The van der Waals surface area contributed by atoms with E-state index in [1.165, 1.54) is 5.56 Å². The molecule has 2 N–H and O–H groups in total. The highest BCUT2D eigenvalue weighted by Crippen LogP contribution is 2.56. The molecule has 5 rings (SSSR count). The molecule has 7 heteroatoms. The smallest absolute Gasteiger partial charge is 0.273 e. The molecule has 0 radical (unpaired) electrons. The lowest BCUT2D eigenvalue weighted by Crippen LogP contribution is -2.62. The second-order valence-electron chi connectivity index (χ2n) is 9.89. The minimum atomic E-state index is -0.106. The largest absolute Gasteiger partial charge is 0.368 e. The zero-order valence-corrected chi connectivity index (χ0v) is 19.0. The Kier molecular flexibility index (Phi) is 4.95. The van der Waals surface area contributed by atoms with Crippen molar-refractivity contribution in [1.29, 1.82) is 0 Å². The van der Waals surface area contributed by atoms with Crippen molar-refractivity contribution in [2.24, 2.45) is 5.41 Å². The molecule has 0 spiro atoms. The third kappa shape index (κ3) is 3.17. The lowest BCUT2D eigenvalue weighted by atomic mass is 9.64. The maximum Gasteiger partial charge on any atom is 0.273 e. The number of aromatic nitrogens is 2. The maximum absolute atomic E-state index is 13.9. The molecule has 2 aliphatic heterocycles. The normalized spacial score (nSPS) is 31.0. The van der Waals surface area contributed by atoms with Gasteiger partial charge in [0, 0.05) is 30.1 Å². The molecule has 2 aromatic rings. The Morgan fingerprint density at radius 1 is 1.12 bits per heavy atom. The summed E-state index contributed by atoms with van der Waals surface area (Å²) in [5, 5.41) is 0. The number of anilines is 1. The molecule has 2 bridgehead atoms. The quantitative estimate of drug-likeness (QED) is 0.803. The van der Waals surface area contributed by atoms with Crippen LogP contribution >= 0.6 is 0 Å². The topological polar surface area (TPSA) is 92.4 Å². The van der Waals surface area contributed by atoms with Gasteiger partial charge in [0.15, 0.2) is 0 Å². The van der Waals surface area contributed by atoms with Gasteiger partial charge in [0.05, 0.1) is 12.1 Å². The lowest BCUT2D eigenvalue weighted by molar-refractivity contribution is -0.142. The van der Waals surface area contributed by atoms with Crippen molar-refractivity contribution in [1.82, 2.24) is 19.8 Å². The molecule has 1 aromatic heterocycles. The molecule has 2 saturated heterocycles. The van der Waals surface area contributed by atoms with E-state index >= 15 is 0 Å². The molecule has 7 nitrogen and oxygen atoms in total. The first kappa shape index (κ1) is 20.9. The number of nitrogens with two attached hydrogens (primary N) is 1. The molecule has 1 aromatic carbocycles. The average molecular weight is 434 g/mol. The van der Waals surface area contributed by atoms with Crippen molar-refractivity contribution in [3.05, 3.63) is 53.3 Å². The number of amides is 2. The SMILES string of the molecule is CC(=O)N1[C@@H](Cc2ccccc2)[C@@H]2C[C@@]3(C)[C@H](CCC[C@@H]13)N2C(=O)c1cc(C)nc(N)n1. The predicted molar refractivity (Wildman–Crippen MR) is 122 cm³/mol. The Hall–Kier alpha value is -2.96. The zero-order valence-electron chi connectivity index (χ0n) is 19.0. The summed E-state index contributed by atoms with van der Waals surface area (Å²) in [5.41, 5.74) is 7.98. The molecular formula is C25H31N5O2. The van der Waals surface area contributed by atoms with E-state index in [9.17, 15) is 9.59 Å². The van der Waals surface area contributed by atoms with Gasteiger partial charge in [0.2, 0.25) is 11.9 Å². The Morgan fingerprint density at radius 2 is 1.81 bits per heavy atom. The van der Waals surface area contributed by atoms with Crippen molar-refractivity contribution in [2.75, 3.05) is 5.73 Å². The van der Waals surface area contributed by atoms with Crippen LogP contribution in [0.5, 0.6) is 0 Å². The fourth-order valence-corrected chi connectivity index (χ4v) is 6.76. The number of fused-ring (bicyclic) bond motifs is 1. The van der Waals surface area contributed by atoms with Crippen molar-refractivity contribution in [3.8, 4) is 0 Å². The van der Waals surface area contributed by atoms with E-state index in [4.69, 9.17) is 5.73 Å². The van der Waals surface area contributed by atoms with Crippen LogP contribution in [0.3, 0.4) is 0 Å². The van der Waals surface area contributed by atoms with Gasteiger partial charge in [-0.15, -0.1) is 0 Å². The van der Waals surface area contributed by atoms with Crippen LogP contribution in [0.15, 0.2) is 36.4 Å². The first-order valence-corrected chi connectivity index (χ1v) is 11.6. The second-order valence-corrected chi connectivity index (χ2v) is 9.89. The molecule has 3 fully saturated rings. The fourth-order valence-electron chi connectivity index (χ4n) is 6.76. The molecule has 5 atom stereocenters. The van der Waals surface area contributed by atoms with E-state index < -0.39 is 0 Å². The number of likely N-dealkylation sites (tertiary alicyclic amines) is 2. The number of rotatable bonds is 3. The van der Waals surface area contributed by atoms with Gasteiger partial charge in [0.1, 0.15) is 5.69 Å².